The van der Waals surface area contributed by atoms with E-state index in [1.807, 2.05) is 24.3 Å². The highest BCUT2D eigenvalue weighted by Crippen LogP contribution is 2.21. The molecule has 27 heavy (non-hydrogen) atoms. The SMILES string of the molecule is COC(=O)C(Cc1c[nH]c2ccccc12)NC(=O)Nc1ccc(Br)cc1F. The maximum absolute atomic E-state index is 13.9. The maximum atomic E-state index is 13.9. The van der Waals surface area contributed by atoms with Gasteiger partial charge in [-0.1, -0.05) is 34.1 Å². The lowest BCUT2D eigenvalue weighted by Crippen LogP contribution is -2.45. The molecule has 1 aromatic heterocycles. The minimum absolute atomic E-state index is 0.00594. The maximum Gasteiger partial charge on any atom is 0.328 e. The summed E-state index contributed by atoms with van der Waals surface area (Å²) < 4.78 is 19.2. The standard InChI is InChI=1S/C19H17BrFN3O3/c1-27-18(25)17(8-11-10-22-15-5-3-2-4-13(11)15)24-19(26)23-16-7-6-12(20)9-14(16)21/h2-7,9-10,17,22H,8H2,1H3,(H2,23,24,26). The van der Waals surface area contributed by atoms with E-state index >= 15 is 0 Å². The number of methoxy groups -OCH3 is 1. The number of anilines is 1. The fourth-order valence-corrected chi connectivity index (χ4v) is 3.10. The minimum Gasteiger partial charge on any atom is -0.467 e. The van der Waals surface area contributed by atoms with Crippen molar-refractivity contribution < 1.29 is 18.7 Å². The number of rotatable bonds is 5. The number of amides is 2. The van der Waals surface area contributed by atoms with E-state index < -0.39 is 23.9 Å². The fraction of sp³-hybridized carbons (Fsp3) is 0.158. The molecule has 1 unspecified atom stereocenters. The van der Waals surface area contributed by atoms with Crippen LogP contribution in [0.25, 0.3) is 10.9 Å². The third-order valence-corrected chi connectivity index (χ3v) is 4.56. The number of H-pyrrole nitrogens is 1. The molecule has 3 N–H and O–H groups in total. The molecule has 3 rings (SSSR count). The number of carbonyl (C=O) groups is 2. The first-order chi connectivity index (χ1) is 13.0. The van der Waals surface area contributed by atoms with Crippen LogP contribution in [0.3, 0.4) is 0 Å². The molecule has 2 aromatic carbocycles. The highest BCUT2D eigenvalue weighted by atomic mass is 79.9. The number of aromatic amines is 1. The molecule has 0 bridgehead atoms. The summed E-state index contributed by atoms with van der Waals surface area (Å²) in [5, 5.41) is 5.90. The van der Waals surface area contributed by atoms with E-state index in [-0.39, 0.29) is 12.1 Å². The van der Waals surface area contributed by atoms with Gasteiger partial charge in [0.2, 0.25) is 0 Å². The Labute approximate surface area is 163 Å². The Bertz CT molecular complexity index is 989. The molecule has 0 aliphatic rings. The molecule has 0 fully saturated rings. The number of halogens is 2. The molecule has 1 atom stereocenters. The number of hydrogen-bond donors (Lipinski definition) is 3. The number of nitrogens with one attached hydrogen (secondary N) is 3. The van der Waals surface area contributed by atoms with E-state index in [4.69, 9.17) is 4.74 Å². The summed E-state index contributed by atoms with van der Waals surface area (Å²) in [6.07, 6.45) is 2.02. The summed E-state index contributed by atoms with van der Waals surface area (Å²) in [5.74, 6) is -1.18. The van der Waals surface area contributed by atoms with Gasteiger partial charge in [0.25, 0.3) is 0 Å². The molecule has 6 nitrogen and oxygen atoms in total. The number of urea groups is 1. The van der Waals surface area contributed by atoms with Crippen LogP contribution >= 0.6 is 15.9 Å². The van der Waals surface area contributed by atoms with Crippen LogP contribution in [-0.2, 0) is 16.0 Å². The normalized spacial score (nSPS) is 11.8. The Morgan fingerprint density at radius 3 is 2.78 bits per heavy atom. The highest BCUT2D eigenvalue weighted by molar-refractivity contribution is 9.10. The molecular weight excluding hydrogens is 417 g/mol. The van der Waals surface area contributed by atoms with Crippen LogP contribution in [0.2, 0.25) is 0 Å². The first kappa shape index (κ1) is 18.9. The number of esters is 1. The van der Waals surface area contributed by atoms with Crippen LogP contribution in [0.5, 0.6) is 0 Å². The molecule has 3 aromatic rings. The summed E-state index contributed by atoms with van der Waals surface area (Å²) in [7, 11) is 1.25. The van der Waals surface area contributed by atoms with E-state index in [1.165, 1.54) is 19.2 Å². The van der Waals surface area contributed by atoms with Gasteiger partial charge >= 0.3 is 12.0 Å². The second-order valence-electron chi connectivity index (χ2n) is 5.86. The monoisotopic (exact) mass is 433 g/mol. The quantitative estimate of drug-likeness (QED) is 0.532. The summed E-state index contributed by atoms with van der Waals surface area (Å²) in [4.78, 5) is 27.5. The molecule has 0 saturated heterocycles. The van der Waals surface area contributed by atoms with E-state index in [0.717, 1.165) is 16.5 Å². The average Bonchev–Trinajstić information content (AvgIpc) is 3.06. The van der Waals surface area contributed by atoms with Crippen molar-refractivity contribution in [2.24, 2.45) is 0 Å². The predicted molar refractivity (Wildman–Crippen MR) is 104 cm³/mol. The molecule has 0 aliphatic heterocycles. The average molecular weight is 434 g/mol. The van der Waals surface area contributed by atoms with Gasteiger partial charge in [-0.25, -0.2) is 14.0 Å². The van der Waals surface area contributed by atoms with Crippen LogP contribution in [0.15, 0.2) is 53.1 Å². The highest BCUT2D eigenvalue weighted by Gasteiger charge is 2.23. The summed E-state index contributed by atoms with van der Waals surface area (Å²) in [6.45, 7) is 0. The second-order valence-corrected chi connectivity index (χ2v) is 6.78. The van der Waals surface area contributed by atoms with Crippen molar-refractivity contribution in [3.8, 4) is 0 Å². The lowest BCUT2D eigenvalue weighted by atomic mass is 10.1. The zero-order chi connectivity index (χ0) is 19.4. The molecule has 2 amide bonds. The molecule has 0 spiro atoms. The fourth-order valence-electron chi connectivity index (χ4n) is 2.76. The van der Waals surface area contributed by atoms with Gasteiger partial charge in [0, 0.05) is 28.0 Å². The predicted octanol–water partition coefficient (Wildman–Crippen LogP) is 3.98. The van der Waals surface area contributed by atoms with Crippen molar-refractivity contribution in [3.63, 3.8) is 0 Å². The van der Waals surface area contributed by atoms with Gasteiger partial charge in [0.15, 0.2) is 0 Å². The third-order valence-electron chi connectivity index (χ3n) is 4.07. The van der Waals surface area contributed by atoms with Crippen molar-refractivity contribution in [2.45, 2.75) is 12.5 Å². The summed E-state index contributed by atoms with van der Waals surface area (Å²) in [6, 6.07) is 10.3. The molecule has 8 heteroatoms. The lowest BCUT2D eigenvalue weighted by molar-refractivity contribution is -0.142. The van der Waals surface area contributed by atoms with Gasteiger partial charge in [0.1, 0.15) is 11.9 Å². The second kappa shape index (κ2) is 8.22. The van der Waals surface area contributed by atoms with Gasteiger partial charge < -0.3 is 20.4 Å². The Morgan fingerprint density at radius 1 is 1.26 bits per heavy atom. The van der Waals surface area contributed by atoms with E-state index in [9.17, 15) is 14.0 Å². The molecular formula is C19H17BrFN3O3. The van der Waals surface area contributed by atoms with E-state index in [2.05, 4.69) is 31.5 Å². The van der Waals surface area contributed by atoms with Crippen molar-refractivity contribution in [1.82, 2.24) is 10.3 Å². The number of benzene rings is 2. The van der Waals surface area contributed by atoms with Crippen molar-refractivity contribution in [3.05, 3.63) is 64.5 Å². The molecule has 140 valence electrons. The molecule has 0 radical (unpaired) electrons. The van der Waals surface area contributed by atoms with Crippen LogP contribution in [0.4, 0.5) is 14.9 Å². The van der Waals surface area contributed by atoms with Crippen molar-refractivity contribution in [2.75, 3.05) is 12.4 Å². The van der Waals surface area contributed by atoms with Gasteiger partial charge in [-0.2, -0.15) is 0 Å². The van der Waals surface area contributed by atoms with Crippen LogP contribution in [0, 0.1) is 5.82 Å². The molecule has 0 saturated carbocycles. The molecule has 1 heterocycles. The van der Waals surface area contributed by atoms with Gasteiger partial charge in [-0.05, 0) is 29.8 Å². The zero-order valence-corrected chi connectivity index (χ0v) is 16.0. The number of carbonyl (C=O) groups excluding carboxylic acids is 2. The first-order valence-electron chi connectivity index (χ1n) is 8.13. The van der Waals surface area contributed by atoms with Gasteiger partial charge in [0.05, 0.1) is 12.8 Å². The molecule has 0 aliphatic carbocycles. The van der Waals surface area contributed by atoms with E-state index in [0.29, 0.717) is 4.47 Å². The number of fused-ring (bicyclic) bond motifs is 1. The number of ether oxygens (including phenoxy) is 1. The zero-order valence-electron chi connectivity index (χ0n) is 14.4. The Balaban J connectivity index is 1.75. The largest absolute Gasteiger partial charge is 0.467 e. The number of para-hydroxylation sites is 1. The van der Waals surface area contributed by atoms with Crippen LogP contribution in [0.1, 0.15) is 5.56 Å². The number of hydrogen-bond acceptors (Lipinski definition) is 3. The van der Waals surface area contributed by atoms with Gasteiger partial charge in [-0.3, -0.25) is 0 Å². The van der Waals surface area contributed by atoms with Crippen LogP contribution < -0.4 is 10.6 Å². The topological polar surface area (TPSA) is 83.2 Å². The van der Waals surface area contributed by atoms with Gasteiger partial charge in [-0.15, -0.1) is 0 Å². The Hall–Kier alpha value is -2.87. The van der Waals surface area contributed by atoms with E-state index in [1.54, 1.807) is 12.3 Å². The minimum atomic E-state index is -0.923. The Morgan fingerprint density at radius 2 is 2.04 bits per heavy atom. The van der Waals surface area contributed by atoms with Crippen molar-refractivity contribution in [1.29, 1.82) is 0 Å². The summed E-state index contributed by atoms with van der Waals surface area (Å²) in [5.41, 5.74) is 1.79. The number of aromatic nitrogens is 1. The Kier molecular flexibility index (Phi) is 5.75. The van der Waals surface area contributed by atoms with Crippen LogP contribution in [-0.4, -0.2) is 30.1 Å². The lowest BCUT2D eigenvalue weighted by Gasteiger charge is -2.17. The first-order valence-corrected chi connectivity index (χ1v) is 8.92. The smallest absolute Gasteiger partial charge is 0.328 e. The third kappa shape index (κ3) is 4.46. The van der Waals surface area contributed by atoms with Crippen molar-refractivity contribution >= 4 is 44.5 Å². The summed E-state index contributed by atoms with van der Waals surface area (Å²) >= 11 is 3.15.